The van der Waals surface area contributed by atoms with E-state index >= 15 is 0 Å². The minimum absolute atomic E-state index is 0.651. The van der Waals surface area contributed by atoms with Crippen LogP contribution >= 0.6 is 31.9 Å². The molecule has 2 rings (SSSR count). The molecular weight excluding hydrogens is 362 g/mol. The van der Waals surface area contributed by atoms with E-state index in [0.717, 1.165) is 33.2 Å². The topological polar surface area (TPSA) is 39.9 Å². The van der Waals surface area contributed by atoms with Crippen LogP contribution in [-0.2, 0) is 13.0 Å². The van der Waals surface area contributed by atoms with Crippen LogP contribution in [-0.4, -0.2) is 27.4 Å². The molecule has 0 N–H and O–H groups in total. The zero-order chi connectivity index (χ0) is 13.0. The van der Waals surface area contributed by atoms with Crippen molar-refractivity contribution in [1.82, 2.24) is 15.0 Å². The number of ether oxygens (including phenoxy) is 1. The van der Waals surface area contributed by atoms with Crippen LogP contribution in [0, 0.1) is 0 Å². The third-order valence-electron chi connectivity index (χ3n) is 2.51. The van der Waals surface area contributed by atoms with Crippen molar-refractivity contribution in [2.24, 2.45) is 0 Å². The Hall–Kier alpha value is -0.880. The maximum Gasteiger partial charge on any atom is 0.124 e. The van der Waals surface area contributed by atoms with Gasteiger partial charge < -0.3 is 4.74 Å². The van der Waals surface area contributed by atoms with E-state index in [-0.39, 0.29) is 0 Å². The molecule has 0 saturated heterocycles. The third-order valence-corrected chi connectivity index (χ3v) is 3.40. The lowest BCUT2D eigenvalue weighted by Crippen LogP contribution is -2.02. The molecule has 96 valence electrons. The number of methoxy groups -OCH3 is 1. The van der Waals surface area contributed by atoms with Crippen molar-refractivity contribution in [3.05, 3.63) is 40.1 Å². The normalized spacial score (nSPS) is 10.6. The van der Waals surface area contributed by atoms with Crippen LogP contribution in [0.15, 0.2) is 28.9 Å². The maximum absolute atomic E-state index is 5.34. The molecule has 0 atom stereocenters. The average Bonchev–Trinajstić information content (AvgIpc) is 2.77. The second kappa shape index (κ2) is 6.33. The number of alkyl halides is 1. The number of halogens is 2. The molecular formula is C12H13Br2N3O. The van der Waals surface area contributed by atoms with Crippen molar-refractivity contribution in [3.8, 4) is 5.75 Å². The highest BCUT2D eigenvalue weighted by molar-refractivity contribution is 9.10. The van der Waals surface area contributed by atoms with E-state index in [1.807, 2.05) is 29.1 Å². The Bertz CT molecular complexity index is 528. The summed E-state index contributed by atoms with van der Waals surface area (Å²) in [5, 5.41) is 9.12. The quantitative estimate of drug-likeness (QED) is 0.755. The Morgan fingerprint density at radius 2 is 2.22 bits per heavy atom. The van der Waals surface area contributed by atoms with Gasteiger partial charge in [-0.3, -0.25) is 0 Å². The standard InChI is InChI=1S/C12H13Br2N3O/c1-18-12-3-2-10(14)6-9(12)7-17-8-11(4-5-13)15-16-17/h2-3,6,8H,4-5,7H2,1H3. The molecule has 0 aliphatic carbocycles. The summed E-state index contributed by atoms with van der Waals surface area (Å²) >= 11 is 6.85. The predicted octanol–water partition coefficient (Wildman–Crippen LogP) is 3.03. The van der Waals surface area contributed by atoms with E-state index in [2.05, 4.69) is 42.2 Å². The first kappa shape index (κ1) is 13.5. The molecule has 0 radical (unpaired) electrons. The van der Waals surface area contributed by atoms with Gasteiger partial charge in [0.15, 0.2) is 0 Å². The maximum atomic E-state index is 5.34. The van der Waals surface area contributed by atoms with Crippen LogP contribution in [0.4, 0.5) is 0 Å². The van der Waals surface area contributed by atoms with E-state index in [1.165, 1.54) is 0 Å². The first-order valence-corrected chi connectivity index (χ1v) is 7.41. The fourth-order valence-corrected chi connectivity index (χ4v) is 2.49. The van der Waals surface area contributed by atoms with E-state index in [0.29, 0.717) is 6.54 Å². The summed E-state index contributed by atoms with van der Waals surface area (Å²) in [5.41, 5.74) is 2.06. The molecule has 18 heavy (non-hydrogen) atoms. The number of aromatic nitrogens is 3. The summed E-state index contributed by atoms with van der Waals surface area (Å²) < 4.78 is 8.19. The molecule has 1 heterocycles. The van der Waals surface area contributed by atoms with Gasteiger partial charge in [-0.15, -0.1) is 5.10 Å². The minimum atomic E-state index is 0.651. The Labute approximate surface area is 123 Å². The Kier molecular flexibility index (Phi) is 4.77. The second-order valence-corrected chi connectivity index (χ2v) is 5.51. The lowest BCUT2D eigenvalue weighted by atomic mass is 10.2. The molecule has 0 fully saturated rings. The highest BCUT2D eigenvalue weighted by atomic mass is 79.9. The number of benzene rings is 1. The number of aryl methyl sites for hydroxylation is 1. The lowest BCUT2D eigenvalue weighted by molar-refractivity contribution is 0.407. The van der Waals surface area contributed by atoms with Crippen molar-refractivity contribution in [2.75, 3.05) is 12.4 Å². The highest BCUT2D eigenvalue weighted by Crippen LogP contribution is 2.23. The largest absolute Gasteiger partial charge is 0.496 e. The molecule has 0 unspecified atom stereocenters. The van der Waals surface area contributed by atoms with Gasteiger partial charge in [-0.05, 0) is 18.2 Å². The third kappa shape index (κ3) is 3.32. The van der Waals surface area contributed by atoms with Crippen molar-refractivity contribution in [2.45, 2.75) is 13.0 Å². The zero-order valence-electron chi connectivity index (χ0n) is 9.94. The molecule has 4 nitrogen and oxygen atoms in total. The van der Waals surface area contributed by atoms with Crippen molar-refractivity contribution >= 4 is 31.9 Å². The highest BCUT2D eigenvalue weighted by Gasteiger charge is 2.06. The van der Waals surface area contributed by atoms with Gasteiger partial charge in [0, 0.05) is 28.0 Å². The SMILES string of the molecule is COc1ccc(Br)cc1Cn1cc(CCBr)nn1. The summed E-state index contributed by atoms with van der Waals surface area (Å²) in [6.07, 6.45) is 2.84. The molecule has 0 amide bonds. The molecule has 6 heteroatoms. The van der Waals surface area contributed by atoms with Crippen LogP contribution < -0.4 is 4.74 Å². The number of rotatable bonds is 5. The fraction of sp³-hybridized carbons (Fsp3) is 0.333. The van der Waals surface area contributed by atoms with Crippen LogP contribution in [0.5, 0.6) is 5.75 Å². The first-order chi connectivity index (χ1) is 8.72. The van der Waals surface area contributed by atoms with Gasteiger partial charge in [0.25, 0.3) is 0 Å². The van der Waals surface area contributed by atoms with Gasteiger partial charge in [-0.25, -0.2) is 4.68 Å². The summed E-state index contributed by atoms with van der Waals surface area (Å²) in [4.78, 5) is 0. The predicted molar refractivity (Wildman–Crippen MR) is 77.3 cm³/mol. The van der Waals surface area contributed by atoms with E-state index < -0.39 is 0 Å². The minimum Gasteiger partial charge on any atom is -0.496 e. The Morgan fingerprint density at radius 1 is 1.39 bits per heavy atom. The van der Waals surface area contributed by atoms with Crippen LogP contribution in [0.2, 0.25) is 0 Å². The first-order valence-electron chi connectivity index (χ1n) is 5.50. The molecule has 1 aromatic carbocycles. The molecule has 0 aliphatic heterocycles. The van der Waals surface area contributed by atoms with Crippen molar-refractivity contribution in [3.63, 3.8) is 0 Å². The lowest BCUT2D eigenvalue weighted by Gasteiger charge is -2.08. The Balaban J connectivity index is 2.19. The van der Waals surface area contributed by atoms with Gasteiger partial charge in [0.2, 0.25) is 0 Å². The van der Waals surface area contributed by atoms with E-state index in [4.69, 9.17) is 4.74 Å². The van der Waals surface area contributed by atoms with Gasteiger partial charge in [0.1, 0.15) is 5.75 Å². The van der Waals surface area contributed by atoms with Gasteiger partial charge in [-0.1, -0.05) is 37.1 Å². The van der Waals surface area contributed by atoms with Crippen LogP contribution in [0.1, 0.15) is 11.3 Å². The molecule has 0 aliphatic rings. The van der Waals surface area contributed by atoms with E-state index in [1.54, 1.807) is 7.11 Å². The summed E-state index contributed by atoms with van der Waals surface area (Å²) in [6.45, 7) is 0.651. The molecule has 0 spiro atoms. The smallest absolute Gasteiger partial charge is 0.124 e. The van der Waals surface area contributed by atoms with Crippen molar-refractivity contribution in [1.29, 1.82) is 0 Å². The van der Waals surface area contributed by atoms with Gasteiger partial charge >= 0.3 is 0 Å². The number of hydrogen-bond donors (Lipinski definition) is 0. The Morgan fingerprint density at radius 3 is 2.94 bits per heavy atom. The molecule has 1 aromatic heterocycles. The summed E-state index contributed by atoms with van der Waals surface area (Å²) in [5.74, 6) is 0.857. The molecule has 0 bridgehead atoms. The fourth-order valence-electron chi connectivity index (χ4n) is 1.67. The second-order valence-electron chi connectivity index (χ2n) is 3.80. The molecule has 2 aromatic rings. The average molecular weight is 375 g/mol. The summed E-state index contributed by atoms with van der Waals surface area (Å²) in [7, 11) is 1.67. The van der Waals surface area contributed by atoms with Gasteiger partial charge in [0.05, 0.1) is 19.3 Å². The monoisotopic (exact) mass is 373 g/mol. The zero-order valence-corrected chi connectivity index (χ0v) is 13.1. The number of nitrogens with zero attached hydrogens (tertiary/aromatic N) is 3. The number of hydrogen-bond acceptors (Lipinski definition) is 3. The van der Waals surface area contributed by atoms with Gasteiger partial charge in [-0.2, -0.15) is 0 Å². The summed E-state index contributed by atoms with van der Waals surface area (Å²) in [6, 6.07) is 5.93. The molecule has 0 saturated carbocycles. The van der Waals surface area contributed by atoms with Crippen molar-refractivity contribution < 1.29 is 4.74 Å². The van der Waals surface area contributed by atoms with E-state index in [9.17, 15) is 0 Å². The van der Waals surface area contributed by atoms with Crippen LogP contribution in [0.25, 0.3) is 0 Å². The van der Waals surface area contributed by atoms with Crippen LogP contribution in [0.3, 0.4) is 0 Å².